The predicted octanol–water partition coefficient (Wildman–Crippen LogP) is 3.65. The molecule has 0 saturated heterocycles. The van der Waals surface area contributed by atoms with Crippen molar-refractivity contribution in [1.29, 1.82) is 0 Å². The molecule has 0 amide bonds. The summed E-state index contributed by atoms with van der Waals surface area (Å²) in [6.45, 7) is 0. The average Bonchev–Trinajstić information content (AvgIpc) is 2.93. The molecule has 2 heterocycles. The molecule has 9 heteroatoms. The lowest BCUT2D eigenvalue weighted by Crippen LogP contribution is -2.23. The van der Waals surface area contributed by atoms with Gasteiger partial charge in [-0.25, -0.2) is 4.98 Å². The topological polar surface area (TPSA) is 77.5 Å². The molecule has 0 aliphatic carbocycles. The SMILES string of the molecule is O=C(c1nc(-c2ccc([N+](=O)[O-])cc2)n2ccccc12)C(F)(F)F. The van der Waals surface area contributed by atoms with E-state index in [1.54, 1.807) is 6.07 Å². The summed E-state index contributed by atoms with van der Waals surface area (Å²) in [4.78, 5) is 25.5. The van der Waals surface area contributed by atoms with Gasteiger partial charge in [-0.3, -0.25) is 19.3 Å². The Morgan fingerprint density at radius 3 is 2.38 bits per heavy atom. The third-order valence-electron chi connectivity index (χ3n) is 3.36. The Morgan fingerprint density at radius 1 is 1.12 bits per heavy atom. The molecule has 122 valence electrons. The van der Waals surface area contributed by atoms with Gasteiger partial charge < -0.3 is 0 Å². The highest BCUT2D eigenvalue weighted by Gasteiger charge is 2.42. The standard InChI is InChI=1S/C15H8F3N3O3/c16-15(17,18)13(22)12-11-3-1-2-8-20(11)14(19-12)9-4-6-10(7-5-9)21(23)24/h1-8H. The van der Waals surface area contributed by atoms with E-state index in [1.165, 1.54) is 47.0 Å². The summed E-state index contributed by atoms with van der Waals surface area (Å²) in [6.07, 6.45) is -3.58. The molecular formula is C15H8F3N3O3. The number of nitrogens with zero attached hydrogens (tertiary/aromatic N) is 3. The maximum absolute atomic E-state index is 12.7. The highest BCUT2D eigenvalue weighted by molar-refractivity contribution is 6.04. The number of alkyl halides is 3. The van der Waals surface area contributed by atoms with E-state index in [4.69, 9.17) is 0 Å². The number of carbonyl (C=O) groups is 1. The van der Waals surface area contributed by atoms with Crippen LogP contribution in [0.2, 0.25) is 0 Å². The Morgan fingerprint density at radius 2 is 1.79 bits per heavy atom. The highest BCUT2D eigenvalue weighted by Crippen LogP contribution is 2.28. The average molecular weight is 335 g/mol. The number of ketones is 1. The van der Waals surface area contributed by atoms with Gasteiger partial charge in [0.1, 0.15) is 11.5 Å². The first-order valence-electron chi connectivity index (χ1n) is 6.62. The molecule has 0 aliphatic rings. The van der Waals surface area contributed by atoms with Crippen molar-refractivity contribution in [1.82, 2.24) is 9.38 Å². The van der Waals surface area contributed by atoms with Gasteiger partial charge in [-0.05, 0) is 24.3 Å². The van der Waals surface area contributed by atoms with E-state index in [-0.39, 0.29) is 17.0 Å². The van der Waals surface area contributed by atoms with Crippen LogP contribution in [-0.4, -0.2) is 26.3 Å². The summed E-state index contributed by atoms with van der Waals surface area (Å²) in [7, 11) is 0. The molecule has 0 radical (unpaired) electrons. The zero-order valence-electron chi connectivity index (χ0n) is 11.8. The van der Waals surface area contributed by atoms with Crippen LogP contribution in [0.25, 0.3) is 16.9 Å². The quantitative estimate of drug-likeness (QED) is 0.416. The first-order valence-corrected chi connectivity index (χ1v) is 6.62. The molecule has 1 aromatic carbocycles. The number of halogens is 3. The van der Waals surface area contributed by atoms with Gasteiger partial charge in [0.25, 0.3) is 11.5 Å². The lowest BCUT2D eigenvalue weighted by Gasteiger charge is -2.02. The van der Waals surface area contributed by atoms with E-state index in [1.807, 2.05) is 0 Å². The lowest BCUT2D eigenvalue weighted by molar-refractivity contribution is -0.384. The van der Waals surface area contributed by atoms with E-state index in [0.717, 1.165) is 0 Å². The molecule has 0 spiro atoms. The van der Waals surface area contributed by atoms with Crippen LogP contribution in [0.1, 0.15) is 10.5 Å². The molecule has 3 rings (SSSR count). The number of non-ortho nitro benzene ring substituents is 1. The molecule has 3 aromatic rings. The number of imidazole rings is 1. The first-order chi connectivity index (χ1) is 11.3. The number of hydrogen-bond acceptors (Lipinski definition) is 4. The molecule has 0 unspecified atom stereocenters. The summed E-state index contributed by atoms with van der Waals surface area (Å²) in [5, 5.41) is 10.7. The van der Waals surface area contributed by atoms with E-state index >= 15 is 0 Å². The molecule has 6 nitrogen and oxygen atoms in total. The highest BCUT2D eigenvalue weighted by atomic mass is 19.4. The van der Waals surface area contributed by atoms with E-state index in [9.17, 15) is 28.1 Å². The van der Waals surface area contributed by atoms with Gasteiger partial charge in [-0.2, -0.15) is 13.2 Å². The van der Waals surface area contributed by atoms with Gasteiger partial charge >= 0.3 is 6.18 Å². The number of pyridine rings is 1. The van der Waals surface area contributed by atoms with Crippen LogP contribution in [0, 0.1) is 10.1 Å². The molecule has 0 saturated carbocycles. The maximum Gasteiger partial charge on any atom is 0.456 e. The van der Waals surface area contributed by atoms with Gasteiger partial charge in [0, 0.05) is 23.9 Å². The number of Topliss-reactive ketones (excluding diaryl/α,β-unsaturated/α-hetero) is 1. The molecule has 2 aromatic heterocycles. The smallest absolute Gasteiger partial charge is 0.299 e. The number of nitro benzene ring substituents is 1. The zero-order valence-corrected chi connectivity index (χ0v) is 11.8. The van der Waals surface area contributed by atoms with Crippen molar-refractivity contribution in [3.8, 4) is 11.4 Å². The van der Waals surface area contributed by atoms with Crippen LogP contribution in [0.4, 0.5) is 18.9 Å². The Bertz CT molecular complexity index is 946. The van der Waals surface area contributed by atoms with Crippen molar-refractivity contribution in [3.63, 3.8) is 0 Å². The molecule has 0 bridgehead atoms. The molecule has 0 N–H and O–H groups in total. The molecular weight excluding hydrogens is 327 g/mol. The third kappa shape index (κ3) is 2.60. The van der Waals surface area contributed by atoms with Crippen molar-refractivity contribution in [2.45, 2.75) is 6.18 Å². The second kappa shape index (κ2) is 5.44. The summed E-state index contributed by atoms with van der Waals surface area (Å²) >= 11 is 0. The predicted molar refractivity (Wildman–Crippen MR) is 77.7 cm³/mol. The van der Waals surface area contributed by atoms with E-state index < -0.39 is 22.6 Å². The maximum atomic E-state index is 12.7. The van der Waals surface area contributed by atoms with Crippen molar-refractivity contribution < 1.29 is 22.9 Å². The van der Waals surface area contributed by atoms with Gasteiger partial charge in [-0.15, -0.1) is 0 Å². The van der Waals surface area contributed by atoms with Crippen LogP contribution < -0.4 is 0 Å². The van der Waals surface area contributed by atoms with Crippen LogP contribution in [-0.2, 0) is 0 Å². The minimum absolute atomic E-state index is 0.00757. The zero-order chi connectivity index (χ0) is 17.5. The Hall–Kier alpha value is -3.23. The number of hydrogen-bond donors (Lipinski definition) is 0. The number of rotatable bonds is 3. The number of fused-ring (bicyclic) bond motifs is 1. The second-order valence-corrected chi connectivity index (χ2v) is 4.87. The second-order valence-electron chi connectivity index (χ2n) is 4.87. The monoisotopic (exact) mass is 335 g/mol. The van der Waals surface area contributed by atoms with E-state index in [0.29, 0.717) is 5.56 Å². The molecule has 24 heavy (non-hydrogen) atoms. The first kappa shape index (κ1) is 15.7. The van der Waals surface area contributed by atoms with Gasteiger partial charge in [0.15, 0.2) is 0 Å². The number of nitro groups is 1. The molecule has 0 fully saturated rings. The fourth-order valence-corrected chi connectivity index (χ4v) is 2.28. The van der Waals surface area contributed by atoms with Crippen molar-refractivity contribution in [3.05, 3.63) is 64.5 Å². The van der Waals surface area contributed by atoms with Gasteiger partial charge in [0.2, 0.25) is 0 Å². The fraction of sp³-hybridized carbons (Fsp3) is 0.0667. The fourth-order valence-electron chi connectivity index (χ4n) is 2.28. The van der Waals surface area contributed by atoms with Crippen LogP contribution in [0.5, 0.6) is 0 Å². The van der Waals surface area contributed by atoms with Crippen LogP contribution >= 0.6 is 0 Å². The minimum Gasteiger partial charge on any atom is -0.299 e. The number of benzene rings is 1. The Labute approximate surface area is 132 Å². The Kier molecular flexibility index (Phi) is 3.55. The van der Waals surface area contributed by atoms with Gasteiger partial charge in [-0.1, -0.05) is 6.07 Å². The van der Waals surface area contributed by atoms with Gasteiger partial charge in [0.05, 0.1) is 10.4 Å². The normalized spacial score (nSPS) is 11.6. The van der Waals surface area contributed by atoms with E-state index in [2.05, 4.69) is 4.98 Å². The minimum atomic E-state index is -5.04. The van der Waals surface area contributed by atoms with Crippen molar-refractivity contribution in [2.75, 3.05) is 0 Å². The largest absolute Gasteiger partial charge is 0.456 e. The lowest BCUT2D eigenvalue weighted by atomic mass is 10.2. The van der Waals surface area contributed by atoms with Crippen molar-refractivity contribution in [2.24, 2.45) is 0 Å². The van der Waals surface area contributed by atoms with Crippen LogP contribution in [0.15, 0.2) is 48.7 Å². The third-order valence-corrected chi connectivity index (χ3v) is 3.36. The summed E-state index contributed by atoms with van der Waals surface area (Å²) in [6, 6.07) is 9.56. The summed E-state index contributed by atoms with van der Waals surface area (Å²) in [5.74, 6) is -1.95. The molecule has 0 aliphatic heterocycles. The Balaban J connectivity index is 2.19. The summed E-state index contributed by atoms with van der Waals surface area (Å²) in [5.41, 5.74) is -0.515. The summed E-state index contributed by atoms with van der Waals surface area (Å²) < 4.78 is 39.6. The number of aromatic nitrogens is 2. The van der Waals surface area contributed by atoms with Crippen molar-refractivity contribution >= 4 is 17.0 Å². The number of carbonyl (C=O) groups excluding carboxylic acids is 1. The van der Waals surface area contributed by atoms with Crippen LogP contribution in [0.3, 0.4) is 0 Å². The molecule has 0 atom stereocenters.